The molecular formula is C32H34N4O7. The zero-order valence-corrected chi connectivity index (χ0v) is 23.9. The van der Waals surface area contributed by atoms with Crippen LogP contribution in [0.1, 0.15) is 81.5 Å². The normalized spacial score (nSPS) is 21.7. The van der Waals surface area contributed by atoms with E-state index in [1.165, 1.54) is 0 Å². The zero-order chi connectivity index (χ0) is 30.1. The van der Waals surface area contributed by atoms with Gasteiger partial charge in [0.1, 0.15) is 12.1 Å². The first-order valence-corrected chi connectivity index (χ1v) is 14.9. The Kier molecular flexibility index (Phi) is 8.07. The predicted octanol–water partition coefficient (Wildman–Crippen LogP) is 1.79. The van der Waals surface area contributed by atoms with Gasteiger partial charge in [-0.2, -0.15) is 0 Å². The van der Waals surface area contributed by atoms with Gasteiger partial charge in [0.05, 0.1) is 0 Å². The summed E-state index contributed by atoms with van der Waals surface area (Å²) < 4.78 is 5.91. The molecule has 2 N–H and O–H groups in total. The van der Waals surface area contributed by atoms with E-state index in [0.717, 1.165) is 47.9 Å². The lowest BCUT2D eigenvalue weighted by Crippen LogP contribution is -2.52. The van der Waals surface area contributed by atoms with Crippen LogP contribution in [0.25, 0.3) is 0 Å². The number of fused-ring (bicyclic) bond motifs is 2. The van der Waals surface area contributed by atoms with Gasteiger partial charge < -0.3 is 14.5 Å². The summed E-state index contributed by atoms with van der Waals surface area (Å²) in [5.41, 5.74) is 5.25. The third-order valence-corrected chi connectivity index (χ3v) is 8.83. The topological polar surface area (TPSA) is 142 Å². The Morgan fingerprint density at radius 3 is 1.51 bits per heavy atom. The number of nitrogens with zero attached hydrogens (tertiary/aromatic N) is 2. The Balaban J connectivity index is 0.967. The molecule has 0 aliphatic carbocycles. The number of piperidine rings is 2. The fourth-order valence-corrected chi connectivity index (χ4v) is 6.60. The van der Waals surface area contributed by atoms with E-state index in [1.807, 2.05) is 24.3 Å². The summed E-state index contributed by atoms with van der Waals surface area (Å²) in [6, 6.07) is 10.1. The van der Waals surface area contributed by atoms with Crippen LogP contribution in [0.3, 0.4) is 0 Å². The first-order valence-electron chi connectivity index (χ1n) is 14.9. The number of imide groups is 2. The molecule has 4 aliphatic heterocycles. The quantitative estimate of drug-likeness (QED) is 0.319. The molecule has 224 valence electrons. The molecule has 2 aromatic rings. The summed E-state index contributed by atoms with van der Waals surface area (Å²) in [6.45, 7) is 1.84. The van der Waals surface area contributed by atoms with E-state index in [0.29, 0.717) is 50.3 Å². The van der Waals surface area contributed by atoms with Gasteiger partial charge in [0.25, 0.3) is 11.8 Å². The highest BCUT2D eigenvalue weighted by Crippen LogP contribution is 2.32. The summed E-state index contributed by atoms with van der Waals surface area (Å²) in [7, 11) is 0. The Hall–Kier alpha value is -4.38. The number of hydrogen-bond donors (Lipinski definition) is 2. The van der Waals surface area contributed by atoms with Crippen LogP contribution >= 0.6 is 0 Å². The third kappa shape index (κ3) is 5.69. The Morgan fingerprint density at radius 2 is 1.09 bits per heavy atom. The van der Waals surface area contributed by atoms with E-state index in [-0.39, 0.29) is 36.5 Å². The molecule has 2 aromatic carbocycles. The number of ether oxygens (including phenoxy) is 1. The van der Waals surface area contributed by atoms with Crippen molar-refractivity contribution in [3.05, 3.63) is 69.8 Å². The number of hydrogen-bond acceptors (Lipinski definition) is 7. The molecule has 0 spiro atoms. The molecule has 0 bridgehead atoms. The Morgan fingerprint density at radius 1 is 0.651 bits per heavy atom. The molecule has 6 rings (SSSR count). The minimum Gasteiger partial charge on any atom is -0.381 e. The van der Waals surface area contributed by atoms with Gasteiger partial charge in [0.2, 0.25) is 23.6 Å². The number of rotatable bonds is 10. The molecule has 0 aromatic heterocycles. The predicted molar refractivity (Wildman–Crippen MR) is 152 cm³/mol. The molecule has 2 atom stereocenters. The summed E-state index contributed by atoms with van der Waals surface area (Å²) in [5.74, 6) is -1.76. The number of carbonyl (C=O) groups is 6. The minimum absolute atomic E-state index is 0.170. The van der Waals surface area contributed by atoms with Crippen LogP contribution in [-0.4, -0.2) is 70.5 Å². The highest BCUT2D eigenvalue weighted by molar-refractivity contribution is 6.06. The first-order chi connectivity index (χ1) is 20.8. The maximum atomic E-state index is 13.0. The largest absolute Gasteiger partial charge is 0.381 e. The lowest BCUT2D eigenvalue weighted by atomic mass is 9.99. The first kappa shape index (κ1) is 28.7. The molecule has 43 heavy (non-hydrogen) atoms. The smallest absolute Gasteiger partial charge is 0.255 e. The van der Waals surface area contributed by atoms with E-state index in [9.17, 15) is 28.8 Å². The number of nitrogens with one attached hydrogen (secondary N) is 2. The second-order valence-electron chi connectivity index (χ2n) is 11.5. The molecular weight excluding hydrogens is 552 g/mol. The van der Waals surface area contributed by atoms with Crippen LogP contribution in [-0.2, 0) is 49.8 Å². The highest BCUT2D eigenvalue weighted by atomic mass is 16.5. The SMILES string of the molecule is O=C1CCC(N2Cc3c(CCCOCCCc4cccc5c4CN(C4CCC(=O)NC4=O)C5=O)cccc3C2=O)C(=O)N1. The molecule has 2 fully saturated rings. The number of aryl methyl sites for hydroxylation is 2. The maximum absolute atomic E-state index is 13.0. The lowest BCUT2D eigenvalue weighted by Gasteiger charge is -2.29. The van der Waals surface area contributed by atoms with E-state index in [2.05, 4.69) is 10.6 Å². The van der Waals surface area contributed by atoms with Crippen molar-refractivity contribution < 1.29 is 33.5 Å². The van der Waals surface area contributed by atoms with Crippen molar-refractivity contribution in [3.63, 3.8) is 0 Å². The number of benzene rings is 2. The van der Waals surface area contributed by atoms with E-state index in [1.54, 1.807) is 21.9 Å². The lowest BCUT2D eigenvalue weighted by molar-refractivity contribution is -0.138. The van der Waals surface area contributed by atoms with Crippen LogP contribution in [0, 0.1) is 0 Å². The van der Waals surface area contributed by atoms with Crippen molar-refractivity contribution in [2.24, 2.45) is 0 Å². The van der Waals surface area contributed by atoms with Crippen LogP contribution in [0.4, 0.5) is 0 Å². The highest BCUT2D eigenvalue weighted by Gasteiger charge is 2.41. The van der Waals surface area contributed by atoms with Gasteiger partial charge in [-0.1, -0.05) is 24.3 Å². The van der Waals surface area contributed by atoms with Gasteiger partial charge in [-0.25, -0.2) is 0 Å². The van der Waals surface area contributed by atoms with Crippen molar-refractivity contribution in [2.45, 2.75) is 76.5 Å². The van der Waals surface area contributed by atoms with Gasteiger partial charge in [0.15, 0.2) is 0 Å². The van der Waals surface area contributed by atoms with Crippen molar-refractivity contribution in [1.82, 2.24) is 20.4 Å². The molecule has 4 aliphatic rings. The van der Waals surface area contributed by atoms with E-state index in [4.69, 9.17) is 4.74 Å². The molecule has 0 radical (unpaired) electrons. The van der Waals surface area contributed by atoms with Gasteiger partial charge in [-0.05, 0) is 72.9 Å². The summed E-state index contributed by atoms with van der Waals surface area (Å²) in [4.78, 5) is 77.0. The second kappa shape index (κ2) is 12.1. The number of carbonyl (C=O) groups excluding carboxylic acids is 6. The molecule has 2 saturated heterocycles. The van der Waals surface area contributed by atoms with Gasteiger partial charge >= 0.3 is 0 Å². The molecule has 6 amide bonds. The molecule has 0 saturated carbocycles. The molecule has 2 unspecified atom stereocenters. The van der Waals surface area contributed by atoms with E-state index < -0.39 is 23.9 Å². The standard InChI is InChI=1S/C32H34N4O7/c37-27-13-11-25(29(39)33-27)35-17-23-19(5-1-9-21(23)31(35)41)7-3-15-43-16-4-8-20-6-2-10-22-24(20)18-36(32(22)42)26-12-14-28(38)34-30(26)40/h1-2,5-6,9-10,25-26H,3-4,7-8,11-18H2,(H,33,37,39)(H,34,38,40). The second-order valence-corrected chi connectivity index (χ2v) is 11.5. The van der Waals surface area contributed by atoms with Gasteiger partial charge in [-0.3, -0.25) is 39.4 Å². The average molecular weight is 587 g/mol. The molecule has 11 nitrogen and oxygen atoms in total. The van der Waals surface area contributed by atoms with Crippen molar-refractivity contribution in [3.8, 4) is 0 Å². The zero-order valence-electron chi connectivity index (χ0n) is 23.9. The maximum Gasteiger partial charge on any atom is 0.255 e. The van der Waals surface area contributed by atoms with Gasteiger partial charge in [0, 0.05) is 50.3 Å². The Bertz CT molecular complexity index is 1410. The Labute approximate surface area is 248 Å². The van der Waals surface area contributed by atoms with Crippen LogP contribution < -0.4 is 10.6 Å². The third-order valence-electron chi connectivity index (χ3n) is 8.83. The minimum atomic E-state index is -0.627. The van der Waals surface area contributed by atoms with Crippen LogP contribution in [0.15, 0.2) is 36.4 Å². The van der Waals surface area contributed by atoms with Crippen molar-refractivity contribution in [2.75, 3.05) is 13.2 Å². The fourth-order valence-electron chi connectivity index (χ4n) is 6.60. The summed E-state index contributed by atoms with van der Waals surface area (Å²) >= 11 is 0. The van der Waals surface area contributed by atoms with Crippen molar-refractivity contribution >= 4 is 35.4 Å². The van der Waals surface area contributed by atoms with Crippen molar-refractivity contribution in [1.29, 1.82) is 0 Å². The van der Waals surface area contributed by atoms with Gasteiger partial charge in [-0.15, -0.1) is 0 Å². The van der Waals surface area contributed by atoms with Crippen LogP contribution in [0.5, 0.6) is 0 Å². The summed E-state index contributed by atoms with van der Waals surface area (Å²) in [6.07, 6.45) is 4.17. The summed E-state index contributed by atoms with van der Waals surface area (Å²) in [5, 5.41) is 4.68. The number of amides is 6. The fraction of sp³-hybridized carbons (Fsp3) is 0.438. The molecule has 11 heteroatoms. The monoisotopic (exact) mass is 586 g/mol. The van der Waals surface area contributed by atoms with Crippen LogP contribution in [0.2, 0.25) is 0 Å². The van der Waals surface area contributed by atoms with E-state index >= 15 is 0 Å². The molecule has 4 heterocycles. The average Bonchev–Trinajstić information content (AvgIpc) is 3.50.